The highest BCUT2D eigenvalue weighted by Crippen LogP contribution is 2.30. The zero-order chi connectivity index (χ0) is 15.1. The summed E-state index contributed by atoms with van der Waals surface area (Å²) in [5.41, 5.74) is 3.02. The lowest BCUT2D eigenvalue weighted by atomic mass is 10.0. The number of benzene rings is 1. The van der Waals surface area contributed by atoms with Crippen LogP contribution in [0.2, 0.25) is 0 Å². The molecule has 108 valence electrons. The maximum Gasteiger partial charge on any atom is 0.287 e. The number of fused-ring (bicyclic) bond motifs is 1. The molecule has 1 aromatic heterocycles. The van der Waals surface area contributed by atoms with Crippen molar-refractivity contribution in [3.8, 4) is 0 Å². The van der Waals surface area contributed by atoms with Crippen LogP contribution in [0.1, 0.15) is 41.1 Å². The minimum absolute atomic E-state index is 0.129. The van der Waals surface area contributed by atoms with Crippen molar-refractivity contribution in [1.82, 2.24) is 5.32 Å². The van der Waals surface area contributed by atoms with Crippen molar-refractivity contribution >= 4 is 16.9 Å². The Balaban J connectivity index is 2.51. The third-order valence-electron chi connectivity index (χ3n) is 3.54. The summed E-state index contributed by atoms with van der Waals surface area (Å²) in [5.74, 6) is 0.0236. The van der Waals surface area contributed by atoms with Gasteiger partial charge in [0.15, 0.2) is 5.76 Å². The summed E-state index contributed by atoms with van der Waals surface area (Å²) in [6, 6.07) is 4.01. The second-order valence-corrected chi connectivity index (χ2v) is 5.96. The van der Waals surface area contributed by atoms with Gasteiger partial charge in [0.05, 0.1) is 12.1 Å². The Labute approximate surface area is 118 Å². The molecule has 0 bridgehead atoms. The van der Waals surface area contributed by atoms with Crippen LogP contribution in [0.25, 0.3) is 11.0 Å². The number of aliphatic hydroxyl groups excluding tert-OH is 1. The van der Waals surface area contributed by atoms with Crippen molar-refractivity contribution in [2.75, 3.05) is 6.61 Å². The van der Waals surface area contributed by atoms with E-state index in [0.29, 0.717) is 5.76 Å². The van der Waals surface area contributed by atoms with Gasteiger partial charge in [-0.05, 0) is 45.7 Å². The zero-order valence-corrected chi connectivity index (χ0v) is 12.6. The summed E-state index contributed by atoms with van der Waals surface area (Å²) in [4.78, 5) is 12.3. The minimum Gasteiger partial charge on any atom is -0.450 e. The van der Waals surface area contributed by atoms with Crippen molar-refractivity contribution < 1.29 is 14.3 Å². The van der Waals surface area contributed by atoms with Gasteiger partial charge >= 0.3 is 0 Å². The van der Waals surface area contributed by atoms with Gasteiger partial charge in [-0.25, -0.2) is 0 Å². The number of aryl methyl sites for hydroxylation is 3. The van der Waals surface area contributed by atoms with E-state index in [1.807, 2.05) is 32.9 Å². The van der Waals surface area contributed by atoms with E-state index in [0.717, 1.165) is 27.7 Å². The summed E-state index contributed by atoms with van der Waals surface area (Å²) >= 11 is 0. The molecule has 1 heterocycles. The third-order valence-corrected chi connectivity index (χ3v) is 3.54. The van der Waals surface area contributed by atoms with Crippen LogP contribution in [0.15, 0.2) is 16.5 Å². The largest absolute Gasteiger partial charge is 0.450 e. The van der Waals surface area contributed by atoms with E-state index in [1.165, 1.54) is 0 Å². The standard InChI is InChI=1S/C16H21NO3/c1-9-6-7-10(2)13-12(9)11(3)14(20-13)15(19)17-16(4,5)8-18/h6-7,18H,8H2,1-5H3,(H,17,19). The van der Waals surface area contributed by atoms with Crippen LogP contribution in [0.5, 0.6) is 0 Å². The first kappa shape index (κ1) is 14.6. The van der Waals surface area contributed by atoms with Crippen molar-refractivity contribution in [3.05, 3.63) is 34.6 Å². The Hall–Kier alpha value is -1.81. The number of rotatable bonds is 3. The fraction of sp³-hybridized carbons (Fsp3) is 0.438. The van der Waals surface area contributed by atoms with Crippen molar-refractivity contribution in [2.45, 2.75) is 40.2 Å². The quantitative estimate of drug-likeness (QED) is 0.905. The number of nitrogens with one attached hydrogen (secondary N) is 1. The molecule has 0 saturated heterocycles. The molecule has 0 atom stereocenters. The Morgan fingerprint density at radius 1 is 1.25 bits per heavy atom. The molecular weight excluding hydrogens is 254 g/mol. The summed E-state index contributed by atoms with van der Waals surface area (Å²) in [5, 5.41) is 13.0. The Kier molecular flexibility index (Phi) is 3.61. The number of hydrogen-bond acceptors (Lipinski definition) is 3. The fourth-order valence-corrected chi connectivity index (χ4v) is 2.30. The molecular formula is C16H21NO3. The normalized spacial score (nSPS) is 11.9. The first-order valence-corrected chi connectivity index (χ1v) is 6.69. The van der Waals surface area contributed by atoms with Gasteiger partial charge in [0, 0.05) is 10.9 Å². The summed E-state index contributed by atoms with van der Waals surface area (Å²) in [6.45, 7) is 9.25. The predicted octanol–water partition coefficient (Wildman–Crippen LogP) is 2.86. The molecule has 0 spiro atoms. The van der Waals surface area contributed by atoms with Gasteiger partial charge in [0.25, 0.3) is 5.91 Å². The van der Waals surface area contributed by atoms with Crippen LogP contribution < -0.4 is 5.32 Å². The average Bonchev–Trinajstić information content (AvgIpc) is 2.73. The molecule has 4 nitrogen and oxygen atoms in total. The summed E-state index contributed by atoms with van der Waals surface area (Å²) in [7, 11) is 0. The Morgan fingerprint density at radius 3 is 2.40 bits per heavy atom. The summed E-state index contributed by atoms with van der Waals surface area (Å²) < 4.78 is 5.77. The van der Waals surface area contributed by atoms with Gasteiger partial charge in [0.1, 0.15) is 5.58 Å². The van der Waals surface area contributed by atoms with Crippen LogP contribution in [-0.4, -0.2) is 23.2 Å². The fourth-order valence-electron chi connectivity index (χ4n) is 2.30. The number of aliphatic hydroxyl groups is 1. The van der Waals surface area contributed by atoms with E-state index in [-0.39, 0.29) is 12.5 Å². The molecule has 0 unspecified atom stereocenters. The lowest BCUT2D eigenvalue weighted by Crippen LogP contribution is -2.46. The molecule has 0 aliphatic rings. The molecule has 0 saturated carbocycles. The number of hydrogen-bond donors (Lipinski definition) is 2. The van der Waals surface area contributed by atoms with Gasteiger partial charge in [-0.3, -0.25) is 4.79 Å². The maximum atomic E-state index is 12.3. The highest BCUT2D eigenvalue weighted by molar-refractivity contribution is 6.00. The van der Waals surface area contributed by atoms with Crippen molar-refractivity contribution in [2.24, 2.45) is 0 Å². The van der Waals surface area contributed by atoms with Crippen LogP contribution in [-0.2, 0) is 0 Å². The maximum absolute atomic E-state index is 12.3. The molecule has 20 heavy (non-hydrogen) atoms. The average molecular weight is 275 g/mol. The minimum atomic E-state index is -0.674. The molecule has 0 aliphatic carbocycles. The van der Waals surface area contributed by atoms with Crippen LogP contribution in [0.3, 0.4) is 0 Å². The highest BCUT2D eigenvalue weighted by Gasteiger charge is 2.25. The first-order valence-electron chi connectivity index (χ1n) is 6.69. The molecule has 2 N–H and O–H groups in total. The lowest BCUT2D eigenvalue weighted by Gasteiger charge is -2.22. The first-order chi connectivity index (χ1) is 9.26. The predicted molar refractivity (Wildman–Crippen MR) is 79.1 cm³/mol. The zero-order valence-electron chi connectivity index (χ0n) is 12.6. The van der Waals surface area contributed by atoms with Gasteiger partial charge < -0.3 is 14.8 Å². The van der Waals surface area contributed by atoms with Gasteiger partial charge in [-0.1, -0.05) is 12.1 Å². The molecule has 1 amide bonds. The Morgan fingerprint density at radius 2 is 1.85 bits per heavy atom. The van der Waals surface area contributed by atoms with E-state index >= 15 is 0 Å². The van der Waals surface area contributed by atoms with Gasteiger partial charge in [-0.2, -0.15) is 0 Å². The van der Waals surface area contributed by atoms with Crippen molar-refractivity contribution in [1.29, 1.82) is 0 Å². The van der Waals surface area contributed by atoms with E-state index in [9.17, 15) is 9.90 Å². The molecule has 0 fully saturated rings. The topological polar surface area (TPSA) is 62.5 Å². The number of carbonyl (C=O) groups is 1. The second-order valence-electron chi connectivity index (χ2n) is 5.96. The van der Waals surface area contributed by atoms with Gasteiger partial charge in [-0.15, -0.1) is 0 Å². The third kappa shape index (κ3) is 2.43. The smallest absolute Gasteiger partial charge is 0.287 e. The number of furan rings is 1. The molecule has 4 heteroatoms. The molecule has 1 aromatic carbocycles. The lowest BCUT2D eigenvalue weighted by molar-refractivity contribution is 0.0842. The Bertz CT molecular complexity index is 668. The molecule has 0 radical (unpaired) electrons. The number of carbonyl (C=O) groups excluding carboxylic acids is 1. The van der Waals surface area contributed by atoms with E-state index < -0.39 is 5.54 Å². The number of amides is 1. The van der Waals surface area contributed by atoms with Crippen molar-refractivity contribution in [3.63, 3.8) is 0 Å². The molecule has 2 aromatic rings. The highest BCUT2D eigenvalue weighted by atomic mass is 16.3. The summed E-state index contributed by atoms with van der Waals surface area (Å²) in [6.07, 6.45) is 0. The van der Waals surface area contributed by atoms with Crippen LogP contribution in [0, 0.1) is 20.8 Å². The van der Waals surface area contributed by atoms with Crippen LogP contribution >= 0.6 is 0 Å². The second kappa shape index (κ2) is 4.94. The van der Waals surface area contributed by atoms with Gasteiger partial charge in [0.2, 0.25) is 0 Å². The van der Waals surface area contributed by atoms with Crippen LogP contribution in [0.4, 0.5) is 0 Å². The molecule has 0 aliphatic heterocycles. The van der Waals surface area contributed by atoms with E-state index in [4.69, 9.17) is 4.42 Å². The monoisotopic (exact) mass is 275 g/mol. The van der Waals surface area contributed by atoms with E-state index in [2.05, 4.69) is 5.32 Å². The molecule has 2 rings (SSSR count). The SMILES string of the molecule is Cc1ccc(C)c2c(C)c(C(=O)NC(C)(C)CO)oc12. The van der Waals surface area contributed by atoms with E-state index in [1.54, 1.807) is 13.8 Å².